The molecule has 448 valence electrons. The molecule has 8 N–H and O–H groups in total. The van der Waals surface area contributed by atoms with Gasteiger partial charge in [0.1, 0.15) is 51.6 Å². The number of amides is 8. The number of hydrogen-bond donors (Lipinski definition) is 8. The average Bonchev–Trinajstić information content (AvgIpc) is 4.59. The van der Waals surface area contributed by atoms with Gasteiger partial charge in [0.2, 0.25) is 35.4 Å². The van der Waals surface area contributed by atoms with Gasteiger partial charge in [0.15, 0.2) is 10.0 Å². The first-order valence-electron chi connectivity index (χ1n) is 29.7. The van der Waals surface area contributed by atoms with Gasteiger partial charge in [-0.3, -0.25) is 43.7 Å². The molecule has 2 aliphatic heterocycles. The van der Waals surface area contributed by atoms with Gasteiger partial charge in [-0.1, -0.05) is 152 Å². The van der Waals surface area contributed by atoms with E-state index < -0.39 is 59.9 Å². The predicted octanol–water partition coefficient (Wildman–Crippen LogP) is 6.61. The van der Waals surface area contributed by atoms with Crippen molar-refractivity contribution in [2.24, 2.45) is 11.8 Å². The molecule has 1 unspecified atom stereocenters. The third-order valence-corrected chi connectivity index (χ3v) is 18.7. The lowest BCUT2D eigenvalue weighted by Gasteiger charge is -2.35. The monoisotopic (exact) mass is 1190 g/mol. The fraction of sp³-hybridized carbons (Fsp3) is 0.460. The molecule has 0 spiro atoms. The van der Waals surface area contributed by atoms with Crippen molar-refractivity contribution in [1.82, 2.24) is 51.7 Å². The molecule has 6 atom stereocenters. The van der Waals surface area contributed by atoms with Crippen molar-refractivity contribution in [3.63, 3.8) is 0 Å². The van der Waals surface area contributed by atoms with Gasteiger partial charge in [0.05, 0.1) is 6.04 Å². The molecular formula is C63H76N12O8S2. The lowest BCUT2D eigenvalue weighted by atomic mass is 9.83. The summed E-state index contributed by atoms with van der Waals surface area (Å²) in [4.78, 5) is 124. The molecule has 0 bridgehead atoms. The Bertz CT molecular complexity index is 3230. The number of aromatic nitrogens is 2. The van der Waals surface area contributed by atoms with Gasteiger partial charge < -0.3 is 47.0 Å². The second kappa shape index (κ2) is 29.3. The summed E-state index contributed by atoms with van der Waals surface area (Å²) in [6.45, 7) is 2.78. The molecule has 20 nitrogen and oxygen atoms in total. The number of terminal acetylenes is 1. The number of carbonyl (C=O) groups excluding carboxylic acids is 8. The molecule has 2 saturated heterocycles. The first-order chi connectivity index (χ1) is 41.2. The number of nitrogens with zero attached hydrogens (tertiary/aromatic N) is 4. The highest BCUT2D eigenvalue weighted by atomic mass is 32.1. The molecule has 8 amide bonds. The van der Waals surface area contributed by atoms with Crippen LogP contribution in [0.5, 0.6) is 0 Å². The third-order valence-electron chi connectivity index (χ3n) is 16.7. The van der Waals surface area contributed by atoms with E-state index in [0.717, 1.165) is 98.0 Å². The standard InChI is InChI=1S/C63H76N12O8S2/c1-5-45(65-4)53(77)69-51(44-26-16-9-17-27-44)63(83)75-35-19-29-47(75)55(79)73-59-49(42-22-12-7-13-23-42)71-61(85-59)57(81)67-37-40-32-30-39(31-33-40)36-66-56(80)60-70-48(41-20-10-6-11-21-41)58(84-60)72-54(78)46-28-18-34-74(46)62(82)50(43-24-14-8-15-25-43)68-52(76)38(2)64-3/h1,6-7,10-13,20-23,30-33,38,43-47,50-51,64-65H,8-9,14-19,24-29,34-37H2,2-4H3,(H,66,80)(H,67,81)(H,68,76)(H,69,77)(H,72,78)(H,73,79)/t38-,45+,46-,47?,50-,51+/m0/s1. The molecule has 3 aromatic carbocycles. The second-order valence-electron chi connectivity index (χ2n) is 22.3. The van der Waals surface area contributed by atoms with Gasteiger partial charge in [-0.25, -0.2) is 9.97 Å². The van der Waals surface area contributed by atoms with Crippen LogP contribution in [0.2, 0.25) is 0 Å². The van der Waals surface area contributed by atoms with Gasteiger partial charge in [0, 0.05) is 37.3 Å². The van der Waals surface area contributed by atoms with Crippen LogP contribution >= 0.6 is 22.7 Å². The first-order valence-corrected chi connectivity index (χ1v) is 31.3. The lowest BCUT2D eigenvalue weighted by Crippen LogP contribution is -2.57. The van der Waals surface area contributed by atoms with E-state index in [9.17, 15) is 38.4 Å². The van der Waals surface area contributed by atoms with Crippen molar-refractivity contribution in [2.45, 2.75) is 146 Å². The van der Waals surface area contributed by atoms with Crippen LogP contribution in [0.15, 0.2) is 84.9 Å². The van der Waals surface area contributed by atoms with Gasteiger partial charge in [0.25, 0.3) is 11.8 Å². The van der Waals surface area contributed by atoms with Crippen LogP contribution < -0.4 is 42.5 Å². The smallest absolute Gasteiger partial charge is 0.280 e. The van der Waals surface area contributed by atoms with E-state index in [1.54, 1.807) is 30.8 Å². The van der Waals surface area contributed by atoms with E-state index in [1.165, 1.54) is 0 Å². The molecule has 5 aromatic rings. The summed E-state index contributed by atoms with van der Waals surface area (Å²) in [5.74, 6) is -0.690. The molecule has 2 saturated carbocycles. The van der Waals surface area contributed by atoms with Gasteiger partial charge in [-0.15, -0.1) is 6.42 Å². The summed E-state index contributed by atoms with van der Waals surface area (Å²) >= 11 is 2.08. The van der Waals surface area contributed by atoms with Crippen LogP contribution in [0.25, 0.3) is 22.5 Å². The number of rotatable bonds is 22. The van der Waals surface area contributed by atoms with Crippen molar-refractivity contribution < 1.29 is 38.4 Å². The summed E-state index contributed by atoms with van der Waals surface area (Å²) in [7, 11) is 3.28. The van der Waals surface area contributed by atoms with Crippen LogP contribution in [-0.2, 0) is 41.9 Å². The van der Waals surface area contributed by atoms with Gasteiger partial charge >= 0.3 is 0 Å². The summed E-state index contributed by atoms with van der Waals surface area (Å²) in [6, 6.07) is 21.2. The van der Waals surface area contributed by atoms with Gasteiger partial charge in [-0.05, 0) is 95.3 Å². The Labute approximate surface area is 504 Å². The van der Waals surface area contributed by atoms with Gasteiger partial charge in [-0.2, -0.15) is 0 Å². The maximum atomic E-state index is 14.4. The Balaban J connectivity index is 0.821. The van der Waals surface area contributed by atoms with Crippen molar-refractivity contribution in [1.29, 1.82) is 0 Å². The Morgan fingerprint density at radius 3 is 1.35 bits per heavy atom. The quantitative estimate of drug-likeness (QED) is 0.0341. The van der Waals surface area contributed by atoms with E-state index in [4.69, 9.17) is 16.4 Å². The minimum absolute atomic E-state index is 0.0271. The van der Waals surface area contributed by atoms with E-state index >= 15 is 0 Å². The summed E-state index contributed by atoms with van der Waals surface area (Å²) in [5, 5.41) is 24.6. The molecule has 22 heteroatoms. The fourth-order valence-electron chi connectivity index (χ4n) is 11.9. The Hall–Kier alpha value is -7.84. The zero-order chi connectivity index (χ0) is 60.0. The van der Waals surface area contributed by atoms with Crippen molar-refractivity contribution >= 4 is 79.9 Å². The maximum absolute atomic E-state index is 14.4. The van der Waals surface area contributed by atoms with Crippen LogP contribution in [0.3, 0.4) is 0 Å². The summed E-state index contributed by atoms with van der Waals surface area (Å²) < 4.78 is 0. The number of carbonyl (C=O) groups is 8. The number of likely N-dealkylation sites (tertiary alicyclic amines) is 2. The van der Waals surface area contributed by atoms with Crippen LogP contribution in [0.1, 0.15) is 128 Å². The number of nitrogens with one attached hydrogen (secondary N) is 8. The number of anilines is 2. The molecule has 2 aliphatic carbocycles. The van der Waals surface area contributed by atoms with Crippen LogP contribution in [0, 0.1) is 24.2 Å². The van der Waals surface area contributed by atoms with Crippen molar-refractivity contribution in [2.75, 3.05) is 37.8 Å². The number of benzene rings is 3. The topological polar surface area (TPSA) is 265 Å². The Morgan fingerprint density at radius 2 is 0.965 bits per heavy atom. The number of hydrogen-bond acceptors (Lipinski definition) is 14. The molecule has 9 rings (SSSR count). The van der Waals surface area contributed by atoms with Crippen molar-refractivity contribution in [3.8, 4) is 34.9 Å². The van der Waals surface area contributed by atoms with E-state index in [2.05, 4.69) is 48.5 Å². The highest BCUT2D eigenvalue weighted by Gasteiger charge is 2.43. The molecule has 4 heterocycles. The summed E-state index contributed by atoms with van der Waals surface area (Å²) in [5.41, 5.74) is 3.77. The molecule has 4 fully saturated rings. The molecule has 0 radical (unpaired) electrons. The predicted molar refractivity (Wildman–Crippen MR) is 328 cm³/mol. The zero-order valence-electron chi connectivity index (χ0n) is 48.4. The lowest BCUT2D eigenvalue weighted by molar-refractivity contribution is -0.142. The van der Waals surface area contributed by atoms with E-state index in [0.29, 0.717) is 71.3 Å². The SMILES string of the molecule is C#C[C@@H](NC)C(=O)N[C@@H](C(=O)N1CCCC1C(=O)Nc1sc(C(=O)NCc2ccc(CNC(=O)c3nc(-c4ccccc4)c(NC(=O)[C@@H]4CCCN4C(=O)[C@@H](NC(=O)[C@H](C)NC)C4CCCCC4)s3)cc2)nc1-c1ccccc1)C1CCCCC1. The fourth-order valence-corrected chi connectivity index (χ4v) is 13.7. The average molecular weight is 1190 g/mol. The van der Waals surface area contributed by atoms with E-state index in [1.807, 2.05) is 84.9 Å². The zero-order valence-corrected chi connectivity index (χ0v) is 50.0. The highest BCUT2D eigenvalue weighted by Crippen LogP contribution is 2.37. The molecule has 4 aliphatic rings. The summed E-state index contributed by atoms with van der Waals surface area (Å²) in [6.07, 6.45) is 16.8. The van der Waals surface area contributed by atoms with Crippen molar-refractivity contribution in [3.05, 3.63) is 106 Å². The third kappa shape index (κ3) is 15.2. The highest BCUT2D eigenvalue weighted by molar-refractivity contribution is 7.18. The molecule has 2 aromatic heterocycles. The van der Waals surface area contributed by atoms with E-state index in [-0.39, 0.29) is 58.6 Å². The first kappa shape index (κ1) is 61.7. The number of likely N-dealkylation sites (N-methyl/N-ethyl adjacent to an activating group) is 2. The van der Waals surface area contributed by atoms with Crippen LogP contribution in [0.4, 0.5) is 10.0 Å². The maximum Gasteiger partial charge on any atom is 0.280 e. The number of thiazole rings is 2. The normalized spacial score (nSPS) is 18.7. The minimum atomic E-state index is -0.913. The minimum Gasteiger partial charge on any atom is -0.346 e. The second-order valence-corrected chi connectivity index (χ2v) is 24.3. The largest absolute Gasteiger partial charge is 0.346 e. The van der Waals surface area contributed by atoms with Crippen LogP contribution in [-0.4, -0.2) is 130 Å². The Kier molecular flexibility index (Phi) is 21.3. The Morgan fingerprint density at radius 1 is 0.553 bits per heavy atom. The molecular weight excluding hydrogens is 1120 g/mol. The molecule has 85 heavy (non-hydrogen) atoms.